The number of phenolic OH excluding ortho intramolecular Hbond substituents is 1. The quantitative estimate of drug-likeness (QED) is 0.463. The summed E-state index contributed by atoms with van der Waals surface area (Å²) in [5.74, 6) is 1.40. The number of hydrogen-bond donors (Lipinski definition) is 3. The number of aromatic nitrogens is 2. The van der Waals surface area contributed by atoms with Gasteiger partial charge in [-0.05, 0) is 25.0 Å². The summed E-state index contributed by atoms with van der Waals surface area (Å²) >= 11 is 6.25. The summed E-state index contributed by atoms with van der Waals surface area (Å²) in [6, 6.07) is 17.2. The van der Waals surface area contributed by atoms with Crippen molar-refractivity contribution in [3.63, 3.8) is 0 Å². The van der Waals surface area contributed by atoms with E-state index in [1.54, 1.807) is 12.1 Å². The molecule has 1 saturated carbocycles. The lowest BCUT2D eigenvalue weighted by atomic mass is 9.96. The number of benzene rings is 2. The molecule has 6 heteroatoms. The van der Waals surface area contributed by atoms with Crippen LogP contribution in [-0.4, -0.2) is 21.1 Å². The second-order valence-electron chi connectivity index (χ2n) is 7.10. The Morgan fingerprint density at radius 2 is 1.71 bits per heavy atom. The molecule has 144 valence electrons. The van der Waals surface area contributed by atoms with Crippen molar-refractivity contribution in [1.29, 1.82) is 0 Å². The molecule has 0 spiro atoms. The van der Waals surface area contributed by atoms with E-state index >= 15 is 0 Å². The third-order valence-electron chi connectivity index (χ3n) is 4.95. The van der Waals surface area contributed by atoms with Gasteiger partial charge in [0, 0.05) is 23.7 Å². The molecule has 0 radical (unpaired) electrons. The first-order chi connectivity index (χ1) is 13.7. The first kappa shape index (κ1) is 18.6. The van der Waals surface area contributed by atoms with Crippen molar-refractivity contribution in [3.05, 3.63) is 59.6 Å². The van der Waals surface area contributed by atoms with Gasteiger partial charge in [-0.15, -0.1) is 0 Å². The van der Waals surface area contributed by atoms with E-state index in [4.69, 9.17) is 16.6 Å². The van der Waals surface area contributed by atoms with E-state index in [2.05, 4.69) is 15.6 Å². The minimum Gasteiger partial charge on any atom is -0.508 e. The Labute approximate surface area is 169 Å². The number of phenols is 1. The maximum Gasteiger partial charge on any atom is 0.225 e. The largest absolute Gasteiger partial charge is 0.508 e. The summed E-state index contributed by atoms with van der Waals surface area (Å²) in [6.45, 7) is 0. The highest BCUT2D eigenvalue weighted by Crippen LogP contribution is 2.30. The van der Waals surface area contributed by atoms with E-state index < -0.39 is 0 Å². The van der Waals surface area contributed by atoms with Crippen molar-refractivity contribution >= 4 is 29.1 Å². The molecule has 0 aliphatic heterocycles. The molecule has 1 aromatic heterocycles. The Morgan fingerprint density at radius 3 is 2.46 bits per heavy atom. The van der Waals surface area contributed by atoms with Gasteiger partial charge in [-0.3, -0.25) is 0 Å². The minimum atomic E-state index is 0.128. The van der Waals surface area contributed by atoms with Crippen LogP contribution in [0.5, 0.6) is 5.75 Å². The molecular formula is C22H23ClN4O. The highest BCUT2D eigenvalue weighted by molar-refractivity contribution is 6.33. The number of halogens is 1. The fourth-order valence-corrected chi connectivity index (χ4v) is 3.73. The van der Waals surface area contributed by atoms with Crippen LogP contribution in [0.2, 0.25) is 5.02 Å². The molecular weight excluding hydrogens is 372 g/mol. The molecule has 3 N–H and O–H groups in total. The van der Waals surface area contributed by atoms with Crippen molar-refractivity contribution in [2.75, 3.05) is 10.6 Å². The van der Waals surface area contributed by atoms with Crippen LogP contribution >= 0.6 is 11.6 Å². The zero-order valence-corrected chi connectivity index (χ0v) is 16.3. The van der Waals surface area contributed by atoms with E-state index in [0.717, 1.165) is 24.1 Å². The van der Waals surface area contributed by atoms with Crippen molar-refractivity contribution in [2.45, 2.75) is 38.1 Å². The predicted octanol–water partition coefficient (Wildman–Crippen LogP) is 5.99. The third-order valence-corrected chi connectivity index (χ3v) is 5.26. The first-order valence-electron chi connectivity index (χ1n) is 9.64. The molecule has 0 saturated heterocycles. The van der Waals surface area contributed by atoms with Gasteiger partial charge in [0.05, 0.1) is 16.4 Å². The Balaban J connectivity index is 1.66. The number of aromatic hydroxyl groups is 1. The summed E-state index contributed by atoms with van der Waals surface area (Å²) in [4.78, 5) is 9.40. The lowest BCUT2D eigenvalue weighted by Gasteiger charge is -2.23. The summed E-state index contributed by atoms with van der Waals surface area (Å²) in [7, 11) is 0. The van der Waals surface area contributed by atoms with Crippen molar-refractivity contribution < 1.29 is 5.11 Å². The standard InChI is InChI=1S/C22H23ClN4O/c23-18-13-17(28)11-12-19(18)25-21-14-20(15-7-3-1-4-8-15)26-22(27-21)24-16-9-5-2-6-10-16/h1,3-4,7-8,11-14,16,28H,2,5-6,9-10H2,(H2,24,25,26,27). The fourth-order valence-electron chi connectivity index (χ4n) is 3.51. The molecule has 3 aromatic rings. The van der Waals surface area contributed by atoms with Crippen LogP contribution < -0.4 is 10.6 Å². The van der Waals surface area contributed by atoms with Crippen molar-refractivity contribution in [2.24, 2.45) is 0 Å². The predicted molar refractivity (Wildman–Crippen MR) is 114 cm³/mol. The number of anilines is 3. The van der Waals surface area contributed by atoms with E-state index in [0.29, 0.717) is 28.5 Å². The van der Waals surface area contributed by atoms with Crippen LogP contribution in [0.25, 0.3) is 11.3 Å². The van der Waals surface area contributed by atoms with Gasteiger partial charge in [-0.1, -0.05) is 61.2 Å². The summed E-state index contributed by atoms with van der Waals surface area (Å²) in [6.07, 6.45) is 6.07. The van der Waals surface area contributed by atoms with Crippen LogP contribution in [0.3, 0.4) is 0 Å². The first-order valence-corrected chi connectivity index (χ1v) is 10.0. The molecule has 5 nitrogen and oxygen atoms in total. The van der Waals surface area contributed by atoms with Crippen LogP contribution in [0, 0.1) is 0 Å². The number of nitrogens with one attached hydrogen (secondary N) is 2. The lowest BCUT2D eigenvalue weighted by molar-refractivity contribution is 0.461. The number of hydrogen-bond acceptors (Lipinski definition) is 5. The summed E-state index contributed by atoms with van der Waals surface area (Å²) in [5.41, 5.74) is 2.54. The maximum absolute atomic E-state index is 9.57. The second kappa shape index (κ2) is 8.48. The van der Waals surface area contributed by atoms with Gasteiger partial charge in [-0.25, -0.2) is 4.98 Å². The molecule has 28 heavy (non-hydrogen) atoms. The van der Waals surface area contributed by atoms with Gasteiger partial charge in [0.1, 0.15) is 11.6 Å². The highest BCUT2D eigenvalue weighted by atomic mass is 35.5. The average molecular weight is 395 g/mol. The number of nitrogens with zero attached hydrogens (tertiary/aromatic N) is 2. The van der Waals surface area contributed by atoms with Crippen molar-refractivity contribution in [1.82, 2.24) is 9.97 Å². The normalized spacial score (nSPS) is 14.6. The Kier molecular flexibility index (Phi) is 5.63. The Morgan fingerprint density at radius 1 is 0.929 bits per heavy atom. The molecule has 2 aromatic carbocycles. The summed E-state index contributed by atoms with van der Waals surface area (Å²) < 4.78 is 0. The van der Waals surface area contributed by atoms with Crippen molar-refractivity contribution in [3.8, 4) is 17.0 Å². The van der Waals surface area contributed by atoms with Gasteiger partial charge in [0.25, 0.3) is 0 Å². The van der Waals surface area contributed by atoms with Gasteiger partial charge < -0.3 is 15.7 Å². The minimum absolute atomic E-state index is 0.128. The zero-order chi connectivity index (χ0) is 19.3. The van der Waals surface area contributed by atoms with Gasteiger partial charge >= 0.3 is 0 Å². The van der Waals surface area contributed by atoms with E-state index in [-0.39, 0.29) is 5.75 Å². The maximum atomic E-state index is 9.57. The number of rotatable bonds is 5. The molecule has 0 atom stereocenters. The van der Waals surface area contributed by atoms with Crippen LogP contribution in [-0.2, 0) is 0 Å². The van der Waals surface area contributed by atoms with Gasteiger partial charge in [0.2, 0.25) is 5.95 Å². The molecule has 1 aliphatic rings. The van der Waals surface area contributed by atoms with E-state index in [1.807, 2.05) is 36.4 Å². The van der Waals surface area contributed by atoms with Gasteiger partial charge in [-0.2, -0.15) is 4.98 Å². The van der Waals surface area contributed by atoms with E-state index in [9.17, 15) is 5.11 Å². The monoisotopic (exact) mass is 394 g/mol. The van der Waals surface area contributed by atoms with Gasteiger partial charge in [0.15, 0.2) is 0 Å². The smallest absolute Gasteiger partial charge is 0.225 e. The fraction of sp³-hybridized carbons (Fsp3) is 0.273. The molecule has 0 unspecified atom stereocenters. The molecule has 4 rings (SSSR count). The third kappa shape index (κ3) is 4.54. The second-order valence-corrected chi connectivity index (χ2v) is 7.50. The molecule has 1 aliphatic carbocycles. The zero-order valence-electron chi connectivity index (χ0n) is 15.5. The Hall–Kier alpha value is -2.79. The average Bonchev–Trinajstić information content (AvgIpc) is 2.71. The van der Waals surface area contributed by atoms with Crippen LogP contribution in [0.4, 0.5) is 17.5 Å². The molecule has 1 fully saturated rings. The molecule has 0 amide bonds. The topological polar surface area (TPSA) is 70.1 Å². The van der Waals surface area contributed by atoms with Crippen LogP contribution in [0.15, 0.2) is 54.6 Å². The summed E-state index contributed by atoms with van der Waals surface area (Å²) in [5, 5.41) is 16.8. The SMILES string of the molecule is Oc1ccc(Nc2cc(-c3ccccc3)nc(NC3CCCCC3)n2)c(Cl)c1. The van der Waals surface area contributed by atoms with E-state index in [1.165, 1.54) is 25.3 Å². The molecule has 0 bridgehead atoms. The Bertz CT molecular complexity index is 943. The molecule has 1 heterocycles. The highest BCUT2D eigenvalue weighted by Gasteiger charge is 2.16. The lowest BCUT2D eigenvalue weighted by Crippen LogP contribution is -2.23. The van der Waals surface area contributed by atoms with Crippen LogP contribution in [0.1, 0.15) is 32.1 Å².